The molecule has 4 heteroatoms. The molecular formula is C11H12ClN3. The lowest BCUT2D eigenvalue weighted by molar-refractivity contribution is 0.610. The number of nitrogens with two attached hydrogens (primary N) is 1. The van der Waals surface area contributed by atoms with Gasteiger partial charge in [0.05, 0.1) is 16.9 Å². The van der Waals surface area contributed by atoms with Crippen LogP contribution < -0.4 is 5.73 Å². The van der Waals surface area contributed by atoms with Crippen LogP contribution in [0.2, 0.25) is 5.02 Å². The zero-order valence-electron chi connectivity index (χ0n) is 8.23. The zero-order valence-corrected chi connectivity index (χ0v) is 8.98. The number of halogens is 1. The van der Waals surface area contributed by atoms with Gasteiger partial charge in [0, 0.05) is 12.2 Å². The Balaban J connectivity index is 2.13. The number of pyridine rings is 1. The smallest absolute Gasteiger partial charge is 0.137 e. The maximum Gasteiger partial charge on any atom is 0.137 e. The fourth-order valence-corrected chi connectivity index (χ4v) is 2.08. The molecule has 0 spiro atoms. The first kappa shape index (κ1) is 9.19. The fraction of sp³-hybridized carbons (Fsp3) is 0.364. The van der Waals surface area contributed by atoms with Gasteiger partial charge in [-0.1, -0.05) is 11.6 Å². The number of aromatic nitrogens is 2. The van der Waals surface area contributed by atoms with E-state index in [2.05, 4.69) is 4.98 Å². The summed E-state index contributed by atoms with van der Waals surface area (Å²) in [6.45, 7) is 0. The Bertz CT molecular complexity index is 502. The van der Waals surface area contributed by atoms with Crippen molar-refractivity contribution in [3.63, 3.8) is 0 Å². The summed E-state index contributed by atoms with van der Waals surface area (Å²) in [7, 11) is 0. The Labute approximate surface area is 92.9 Å². The van der Waals surface area contributed by atoms with E-state index >= 15 is 0 Å². The Morgan fingerprint density at radius 1 is 1.47 bits per heavy atom. The molecule has 0 amide bonds. The standard InChI is InChI=1S/C11H12ClN3/c12-8-3-4-10-14-5-9(15(10)6-8)11(13)7-1-2-7/h3-7,11H,1-2,13H2. The lowest BCUT2D eigenvalue weighted by Crippen LogP contribution is -2.14. The van der Waals surface area contributed by atoms with Gasteiger partial charge in [0.2, 0.25) is 0 Å². The normalized spacial score (nSPS) is 18.3. The van der Waals surface area contributed by atoms with Crippen molar-refractivity contribution in [3.05, 3.63) is 35.2 Å². The van der Waals surface area contributed by atoms with Gasteiger partial charge in [0.25, 0.3) is 0 Å². The number of nitrogens with zero attached hydrogens (tertiary/aromatic N) is 2. The third-order valence-electron chi connectivity index (χ3n) is 2.97. The number of hydrogen-bond acceptors (Lipinski definition) is 2. The van der Waals surface area contributed by atoms with Crippen LogP contribution in [-0.2, 0) is 0 Å². The first-order chi connectivity index (χ1) is 7.25. The van der Waals surface area contributed by atoms with Crippen LogP contribution in [0.15, 0.2) is 24.5 Å². The van der Waals surface area contributed by atoms with E-state index in [1.165, 1.54) is 12.8 Å². The second-order valence-electron chi connectivity index (χ2n) is 4.12. The van der Waals surface area contributed by atoms with E-state index < -0.39 is 0 Å². The molecule has 2 N–H and O–H groups in total. The van der Waals surface area contributed by atoms with Gasteiger partial charge in [-0.15, -0.1) is 0 Å². The highest BCUT2D eigenvalue weighted by molar-refractivity contribution is 6.30. The van der Waals surface area contributed by atoms with Crippen LogP contribution >= 0.6 is 11.6 Å². The van der Waals surface area contributed by atoms with Crippen molar-refractivity contribution in [2.75, 3.05) is 0 Å². The monoisotopic (exact) mass is 221 g/mol. The maximum absolute atomic E-state index is 6.16. The minimum Gasteiger partial charge on any atom is -0.322 e. The van der Waals surface area contributed by atoms with Gasteiger partial charge in [-0.05, 0) is 30.9 Å². The van der Waals surface area contributed by atoms with Gasteiger partial charge < -0.3 is 10.1 Å². The van der Waals surface area contributed by atoms with Crippen LogP contribution in [0, 0.1) is 5.92 Å². The van der Waals surface area contributed by atoms with Crippen molar-refractivity contribution < 1.29 is 0 Å². The van der Waals surface area contributed by atoms with Crippen LogP contribution in [0.1, 0.15) is 24.6 Å². The summed E-state index contributed by atoms with van der Waals surface area (Å²) in [5.41, 5.74) is 8.13. The van der Waals surface area contributed by atoms with E-state index in [4.69, 9.17) is 17.3 Å². The summed E-state index contributed by atoms with van der Waals surface area (Å²) in [6, 6.07) is 3.85. The van der Waals surface area contributed by atoms with Crippen molar-refractivity contribution in [2.45, 2.75) is 18.9 Å². The van der Waals surface area contributed by atoms with Gasteiger partial charge in [0.15, 0.2) is 0 Å². The molecule has 3 nitrogen and oxygen atoms in total. The first-order valence-corrected chi connectivity index (χ1v) is 5.51. The third-order valence-corrected chi connectivity index (χ3v) is 3.19. The predicted molar refractivity (Wildman–Crippen MR) is 59.9 cm³/mol. The van der Waals surface area contributed by atoms with Crippen molar-refractivity contribution >= 4 is 17.2 Å². The first-order valence-electron chi connectivity index (χ1n) is 5.14. The Kier molecular flexibility index (Phi) is 1.97. The molecule has 1 unspecified atom stereocenters. The summed E-state index contributed by atoms with van der Waals surface area (Å²) < 4.78 is 1.99. The molecule has 1 fully saturated rings. The van der Waals surface area contributed by atoms with E-state index in [-0.39, 0.29) is 6.04 Å². The van der Waals surface area contributed by atoms with E-state index in [9.17, 15) is 0 Å². The molecule has 0 saturated heterocycles. The number of hydrogen-bond donors (Lipinski definition) is 1. The molecule has 1 atom stereocenters. The van der Waals surface area contributed by atoms with Gasteiger partial charge in [0.1, 0.15) is 5.65 Å². The summed E-state index contributed by atoms with van der Waals surface area (Å²) in [4.78, 5) is 4.32. The van der Waals surface area contributed by atoms with Gasteiger partial charge in [-0.2, -0.15) is 0 Å². The SMILES string of the molecule is NC(c1cnc2ccc(Cl)cn12)C1CC1. The molecule has 0 radical (unpaired) electrons. The second kappa shape index (κ2) is 3.22. The highest BCUT2D eigenvalue weighted by Gasteiger charge is 2.31. The molecule has 1 aliphatic carbocycles. The lowest BCUT2D eigenvalue weighted by Gasteiger charge is -2.09. The second-order valence-corrected chi connectivity index (χ2v) is 4.56. The third kappa shape index (κ3) is 1.52. The van der Waals surface area contributed by atoms with Crippen molar-refractivity contribution in [1.29, 1.82) is 0 Å². The Hall–Kier alpha value is -1.06. The zero-order chi connectivity index (χ0) is 10.4. The van der Waals surface area contributed by atoms with E-state index in [1.54, 1.807) is 0 Å². The number of imidazole rings is 1. The van der Waals surface area contributed by atoms with Crippen molar-refractivity contribution in [3.8, 4) is 0 Å². The highest BCUT2D eigenvalue weighted by Crippen LogP contribution is 2.39. The Morgan fingerprint density at radius 2 is 2.27 bits per heavy atom. The summed E-state index contributed by atoms with van der Waals surface area (Å²) in [5.74, 6) is 0.629. The average molecular weight is 222 g/mol. The lowest BCUT2D eigenvalue weighted by atomic mass is 10.1. The Morgan fingerprint density at radius 3 is 3.00 bits per heavy atom. The molecule has 0 bridgehead atoms. The van der Waals surface area contributed by atoms with Crippen LogP contribution in [-0.4, -0.2) is 9.38 Å². The fourth-order valence-electron chi connectivity index (χ4n) is 1.92. The number of fused-ring (bicyclic) bond motifs is 1. The van der Waals surface area contributed by atoms with Crippen LogP contribution in [0.3, 0.4) is 0 Å². The minimum atomic E-state index is 0.0958. The highest BCUT2D eigenvalue weighted by atomic mass is 35.5. The van der Waals surface area contributed by atoms with Crippen LogP contribution in [0.25, 0.3) is 5.65 Å². The summed E-state index contributed by atoms with van der Waals surface area (Å²) in [6.07, 6.45) is 6.19. The van der Waals surface area contributed by atoms with Crippen LogP contribution in [0.5, 0.6) is 0 Å². The van der Waals surface area contributed by atoms with Crippen molar-refractivity contribution in [2.24, 2.45) is 11.7 Å². The molecular weight excluding hydrogens is 210 g/mol. The van der Waals surface area contributed by atoms with E-state index in [0.717, 1.165) is 11.3 Å². The predicted octanol–water partition coefficient (Wildman–Crippen LogP) is 2.40. The maximum atomic E-state index is 6.16. The summed E-state index contributed by atoms with van der Waals surface area (Å²) in [5, 5.41) is 0.713. The molecule has 0 aromatic carbocycles. The topological polar surface area (TPSA) is 43.3 Å². The largest absolute Gasteiger partial charge is 0.322 e. The molecule has 2 aromatic rings. The van der Waals surface area contributed by atoms with E-state index in [1.807, 2.05) is 28.9 Å². The van der Waals surface area contributed by atoms with E-state index in [0.29, 0.717) is 10.9 Å². The minimum absolute atomic E-state index is 0.0958. The molecule has 1 aliphatic rings. The molecule has 78 valence electrons. The van der Waals surface area contributed by atoms with Crippen LogP contribution in [0.4, 0.5) is 0 Å². The molecule has 3 rings (SSSR count). The van der Waals surface area contributed by atoms with Gasteiger partial charge in [-0.3, -0.25) is 0 Å². The molecule has 2 heterocycles. The van der Waals surface area contributed by atoms with Crippen molar-refractivity contribution in [1.82, 2.24) is 9.38 Å². The molecule has 0 aliphatic heterocycles. The average Bonchev–Trinajstić information content (AvgIpc) is 2.98. The van der Waals surface area contributed by atoms with Gasteiger partial charge in [-0.25, -0.2) is 4.98 Å². The van der Waals surface area contributed by atoms with Gasteiger partial charge >= 0.3 is 0 Å². The molecule has 1 saturated carbocycles. The molecule has 2 aromatic heterocycles. The summed E-state index contributed by atoms with van der Waals surface area (Å²) >= 11 is 5.96. The number of rotatable bonds is 2. The quantitative estimate of drug-likeness (QED) is 0.846. The molecule has 15 heavy (non-hydrogen) atoms.